The summed E-state index contributed by atoms with van der Waals surface area (Å²) in [7, 11) is 0. The van der Waals surface area contributed by atoms with Crippen molar-refractivity contribution in [2.24, 2.45) is 11.8 Å². The number of nitrogens with zero attached hydrogens (tertiary/aromatic N) is 1. The fourth-order valence-corrected chi connectivity index (χ4v) is 3.39. The molecule has 142 valence electrons. The number of ketones is 1. The van der Waals surface area contributed by atoms with Gasteiger partial charge in [0.1, 0.15) is 28.2 Å². The number of benzene rings is 2. The van der Waals surface area contributed by atoms with E-state index < -0.39 is 0 Å². The third-order valence-corrected chi connectivity index (χ3v) is 5.17. The molecule has 0 aliphatic heterocycles. The Hall–Kier alpha value is -2.85. The molecule has 0 radical (unpaired) electrons. The largest absolute Gasteiger partial charge is 0.493 e. The van der Waals surface area contributed by atoms with Gasteiger partial charge in [-0.15, -0.1) is 0 Å². The van der Waals surface area contributed by atoms with E-state index in [1.54, 1.807) is 13.1 Å². The van der Waals surface area contributed by atoms with Crippen LogP contribution in [0, 0.1) is 11.8 Å². The van der Waals surface area contributed by atoms with E-state index in [0.717, 1.165) is 29.0 Å². The summed E-state index contributed by atoms with van der Waals surface area (Å²) in [6, 6.07) is 19.1. The van der Waals surface area contributed by atoms with Crippen LogP contribution in [0.15, 0.2) is 66.9 Å². The van der Waals surface area contributed by atoms with Gasteiger partial charge in [0.05, 0.1) is 12.8 Å². The van der Waals surface area contributed by atoms with Crippen LogP contribution in [0.2, 0.25) is 5.15 Å². The number of carbonyl (C=O) groups excluding carboxylic acids is 1. The predicted molar refractivity (Wildman–Crippen MR) is 109 cm³/mol. The maximum Gasteiger partial charge on any atom is 0.146 e. The Morgan fingerprint density at radius 1 is 1.07 bits per heavy atom. The molecule has 1 heterocycles. The van der Waals surface area contributed by atoms with Gasteiger partial charge in [-0.25, -0.2) is 4.98 Å². The number of aromatic nitrogens is 1. The Kier molecular flexibility index (Phi) is 5.31. The van der Waals surface area contributed by atoms with E-state index in [4.69, 9.17) is 21.1 Å². The molecule has 0 bridgehead atoms. The zero-order valence-corrected chi connectivity index (χ0v) is 16.2. The molecule has 1 aliphatic carbocycles. The zero-order valence-electron chi connectivity index (χ0n) is 15.5. The van der Waals surface area contributed by atoms with Crippen molar-refractivity contribution in [3.05, 3.63) is 72.0 Å². The average Bonchev–Trinajstić information content (AvgIpc) is 3.49. The van der Waals surface area contributed by atoms with Crippen molar-refractivity contribution < 1.29 is 14.3 Å². The van der Waals surface area contributed by atoms with Gasteiger partial charge in [0.25, 0.3) is 0 Å². The number of Topliss-reactive ketones (excluding diaryl/α,β-unsaturated/α-hetero) is 1. The van der Waals surface area contributed by atoms with Crippen LogP contribution in [-0.4, -0.2) is 17.4 Å². The highest BCUT2D eigenvalue weighted by Crippen LogP contribution is 2.39. The maximum atomic E-state index is 11.3. The Balaban J connectivity index is 1.45. The van der Waals surface area contributed by atoms with E-state index in [2.05, 4.69) is 4.98 Å². The van der Waals surface area contributed by atoms with Gasteiger partial charge in [-0.2, -0.15) is 0 Å². The Labute approximate surface area is 169 Å². The first-order valence-corrected chi connectivity index (χ1v) is 9.60. The van der Waals surface area contributed by atoms with Crippen molar-refractivity contribution in [2.75, 3.05) is 6.61 Å². The van der Waals surface area contributed by atoms with Gasteiger partial charge in [-0.3, -0.25) is 4.79 Å². The molecule has 2 aromatic carbocycles. The van der Waals surface area contributed by atoms with E-state index in [0.29, 0.717) is 23.4 Å². The molecule has 3 aromatic rings. The second-order valence-electron chi connectivity index (χ2n) is 6.97. The molecule has 5 heteroatoms. The number of rotatable bonds is 7. The molecule has 1 saturated carbocycles. The molecule has 28 heavy (non-hydrogen) atoms. The van der Waals surface area contributed by atoms with Crippen molar-refractivity contribution in [1.29, 1.82) is 0 Å². The minimum Gasteiger partial charge on any atom is -0.493 e. The predicted octanol–water partition coefficient (Wildman–Crippen LogP) is 5.80. The maximum absolute atomic E-state index is 11.3. The Morgan fingerprint density at radius 2 is 1.82 bits per heavy atom. The number of ether oxygens (including phenoxy) is 2. The van der Waals surface area contributed by atoms with Crippen LogP contribution in [0.1, 0.15) is 13.3 Å². The van der Waals surface area contributed by atoms with Crippen molar-refractivity contribution >= 4 is 17.4 Å². The Bertz CT molecular complexity index is 973. The molecule has 4 nitrogen and oxygen atoms in total. The molecule has 0 saturated heterocycles. The van der Waals surface area contributed by atoms with Gasteiger partial charge in [0, 0.05) is 17.4 Å². The van der Waals surface area contributed by atoms with Crippen LogP contribution in [0.5, 0.6) is 17.2 Å². The van der Waals surface area contributed by atoms with Gasteiger partial charge in [-0.05, 0) is 49.2 Å². The second-order valence-corrected chi connectivity index (χ2v) is 7.33. The van der Waals surface area contributed by atoms with Crippen LogP contribution in [0.4, 0.5) is 0 Å². The standard InChI is InChI=1S/C23H20ClNO3/c1-15(26)21-11-17(21)14-27-18-9-7-16(8-10-18)22-12-20(13-25-23(22)24)28-19-5-3-2-4-6-19/h2-10,12-13,17,21H,11,14H2,1H3. The number of pyridine rings is 1. The highest BCUT2D eigenvalue weighted by molar-refractivity contribution is 6.32. The van der Waals surface area contributed by atoms with Crippen LogP contribution < -0.4 is 9.47 Å². The molecule has 2 atom stereocenters. The van der Waals surface area contributed by atoms with Crippen molar-refractivity contribution in [1.82, 2.24) is 4.98 Å². The second kappa shape index (κ2) is 8.03. The highest BCUT2D eigenvalue weighted by atomic mass is 35.5. The lowest BCUT2D eigenvalue weighted by atomic mass is 10.1. The fraction of sp³-hybridized carbons (Fsp3) is 0.217. The van der Waals surface area contributed by atoms with Crippen LogP contribution in [-0.2, 0) is 4.79 Å². The number of hydrogen-bond donors (Lipinski definition) is 0. The zero-order chi connectivity index (χ0) is 19.5. The molecule has 1 aliphatic rings. The van der Waals surface area contributed by atoms with E-state index in [-0.39, 0.29) is 11.7 Å². The van der Waals surface area contributed by atoms with Gasteiger partial charge in [0.2, 0.25) is 0 Å². The molecule has 2 unspecified atom stereocenters. The summed E-state index contributed by atoms with van der Waals surface area (Å²) in [4.78, 5) is 15.6. The van der Waals surface area contributed by atoms with Gasteiger partial charge >= 0.3 is 0 Å². The quantitative estimate of drug-likeness (QED) is 0.476. The van der Waals surface area contributed by atoms with E-state index in [1.165, 1.54) is 0 Å². The minimum atomic E-state index is 0.177. The lowest BCUT2D eigenvalue weighted by molar-refractivity contribution is -0.118. The summed E-state index contributed by atoms with van der Waals surface area (Å²) >= 11 is 6.30. The third-order valence-electron chi connectivity index (χ3n) is 4.87. The fourth-order valence-electron chi connectivity index (χ4n) is 3.18. The topological polar surface area (TPSA) is 48.4 Å². The molecule has 0 N–H and O–H groups in total. The van der Waals surface area contributed by atoms with Crippen LogP contribution in [0.25, 0.3) is 11.1 Å². The summed E-state index contributed by atoms with van der Waals surface area (Å²) in [5.41, 5.74) is 1.72. The lowest BCUT2D eigenvalue weighted by Crippen LogP contribution is -2.04. The van der Waals surface area contributed by atoms with Gasteiger partial charge in [-0.1, -0.05) is 41.9 Å². The van der Waals surface area contributed by atoms with Gasteiger partial charge in [0.15, 0.2) is 0 Å². The molecule has 0 spiro atoms. The SMILES string of the molecule is CC(=O)C1CC1COc1ccc(-c2cc(Oc3ccccc3)cnc2Cl)cc1. The van der Waals surface area contributed by atoms with Crippen molar-refractivity contribution in [3.63, 3.8) is 0 Å². The monoisotopic (exact) mass is 393 g/mol. The normalized spacial score (nSPS) is 17.8. The molecule has 1 aromatic heterocycles. The summed E-state index contributed by atoms with van der Waals surface area (Å²) in [5.74, 6) is 2.92. The highest BCUT2D eigenvalue weighted by Gasteiger charge is 2.41. The van der Waals surface area contributed by atoms with Crippen LogP contribution in [0.3, 0.4) is 0 Å². The Morgan fingerprint density at radius 3 is 2.50 bits per heavy atom. The van der Waals surface area contributed by atoms with Crippen molar-refractivity contribution in [2.45, 2.75) is 13.3 Å². The summed E-state index contributed by atoms with van der Waals surface area (Å²) < 4.78 is 11.7. The third kappa shape index (κ3) is 4.34. The first-order valence-electron chi connectivity index (χ1n) is 9.22. The smallest absolute Gasteiger partial charge is 0.146 e. The average molecular weight is 394 g/mol. The lowest BCUT2D eigenvalue weighted by Gasteiger charge is -2.10. The minimum absolute atomic E-state index is 0.177. The van der Waals surface area contributed by atoms with Gasteiger partial charge < -0.3 is 9.47 Å². The summed E-state index contributed by atoms with van der Waals surface area (Å²) in [6.07, 6.45) is 2.54. The molecule has 0 amide bonds. The first kappa shape index (κ1) is 18.5. The first-order chi connectivity index (χ1) is 13.6. The van der Waals surface area contributed by atoms with E-state index in [1.807, 2.05) is 60.7 Å². The van der Waals surface area contributed by atoms with E-state index in [9.17, 15) is 4.79 Å². The summed E-state index contributed by atoms with van der Waals surface area (Å²) in [6.45, 7) is 2.22. The molecular formula is C23H20ClNO3. The molecular weight excluding hydrogens is 374 g/mol. The molecule has 1 fully saturated rings. The molecule has 4 rings (SSSR count). The van der Waals surface area contributed by atoms with Crippen molar-refractivity contribution in [3.8, 4) is 28.4 Å². The number of carbonyl (C=O) groups is 1. The summed E-state index contributed by atoms with van der Waals surface area (Å²) in [5, 5.41) is 0.413. The van der Waals surface area contributed by atoms with E-state index >= 15 is 0 Å². The number of para-hydroxylation sites is 1. The van der Waals surface area contributed by atoms with Crippen LogP contribution >= 0.6 is 11.6 Å². The number of hydrogen-bond acceptors (Lipinski definition) is 4. The number of halogens is 1.